The highest BCUT2D eigenvalue weighted by Crippen LogP contribution is 2.47. The molecule has 1 aliphatic heterocycles. The largest absolute Gasteiger partial charge is 0.392 e. The summed E-state index contributed by atoms with van der Waals surface area (Å²) in [7, 11) is 0. The standard InChI is InChI=1S/C13H21N3O2S/c1-9(17)15-8-10-2-6-16(7-3-10)12(18)13(4-5-13)11(14)19/h10H,2-8H2,1H3,(H2,14,19)(H,15,17). The van der Waals surface area contributed by atoms with Crippen molar-refractivity contribution in [2.45, 2.75) is 32.6 Å². The third-order valence-electron chi connectivity index (χ3n) is 4.17. The minimum Gasteiger partial charge on any atom is -0.392 e. The van der Waals surface area contributed by atoms with Crippen molar-refractivity contribution in [3.63, 3.8) is 0 Å². The van der Waals surface area contributed by atoms with E-state index in [1.807, 2.05) is 4.90 Å². The predicted molar refractivity (Wildman–Crippen MR) is 76.4 cm³/mol. The number of amides is 2. The number of likely N-dealkylation sites (tertiary alicyclic amines) is 1. The summed E-state index contributed by atoms with van der Waals surface area (Å²) in [4.78, 5) is 25.5. The van der Waals surface area contributed by atoms with E-state index >= 15 is 0 Å². The van der Waals surface area contributed by atoms with Gasteiger partial charge in [0.2, 0.25) is 11.8 Å². The molecule has 6 heteroatoms. The van der Waals surface area contributed by atoms with Gasteiger partial charge in [0.1, 0.15) is 0 Å². The molecule has 1 saturated heterocycles. The van der Waals surface area contributed by atoms with Crippen LogP contribution in [0.25, 0.3) is 0 Å². The van der Waals surface area contributed by atoms with Crippen molar-refractivity contribution in [1.29, 1.82) is 0 Å². The van der Waals surface area contributed by atoms with Gasteiger partial charge in [0.05, 0.1) is 10.4 Å². The zero-order chi connectivity index (χ0) is 14.0. The minimum absolute atomic E-state index is 0.00363. The number of piperidine rings is 1. The van der Waals surface area contributed by atoms with Crippen molar-refractivity contribution in [3.8, 4) is 0 Å². The molecule has 2 fully saturated rings. The lowest BCUT2D eigenvalue weighted by Gasteiger charge is -2.34. The second kappa shape index (κ2) is 5.45. The maximum atomic E-state index is 12.4. The zero-order valence-electron chi connectivity index (χ0n) is 11.3. The minimum atomic E-state index is -0.528. The molecule has 0 unspecified atom stereocenters. The Bertz CT molecular complexity index is 399. The second-order valence-corrected chi connectivity index (χ2v) is 6.06. The molecule has 2 rings (SSSR count). The molecule has 0 radical (unpaired) electrons. The first kappa shape index (κ1) is 14.2. The van der Waals surface area contributed by atoms with Crippen molar-refractivity contribution >= 4 is 29.0 Å². The molecule has 1 heterocycles. The van der Waals surface area contributed by atoms with Crippen LogP contribution >= 0.6 is 12.2 Å². The van der Waals surface area contributed by atoms with Crippen molar-refractivity contribution in [2.75, 3.05) is 19.6 Å². The fraction of sp³-hybridized carbons (Fsp3) is 0.769. The van der Waals surface area contributed by atoms with Gasteiger partial charge in [-0.3, -0.25) is 9.59 Å². The highest BCUT2D eigenvalue weighted by molar-refractivity contribution is 7.80. The van der Waals surface area contributed by atoms with E-state index in [2.05, 4.69) is 5.32 Å². The number of rotatable bonds is 4. The lowest BCUT2D eigenvalue weighted by molar-refractivity contribution is -0.136. The second-order valence-electron chi connectivity index (χ2n) is 5.62. The number of nitrogens with zero attached hydrogens (tertiary/aromatic N) is 1. The quantitative estimate of drug-likeness (QED) is 0.734. The third kappa shape index (κ3) is 3.05. The highest BCUT2D eigenvalue weighted by Gasteiger charge is 2.54. The molecule has 106 valence electrons. The van der Waals surface area contributed by atoms with Crippen LogP contribution in [0.2, 0.25) is 0 Å². The molecule has 0 aromatic carbocycles. The Balaban J connectivity index is 1.82. The molecule has 5 nitrogen and oxygen atoms in total. The van der Waals surface area contributed by atoms with Gasteiger partial charge in [0.25, 0.3) is 0 Å². The van der Waals surface area contributed by atoms with Crippen LogP contribution in [0, 0.1) is 11.3 Å². The van der Waals surface area contributed by atoms with Crippen molar-refractivity contribution in [1.82, 2.24) is 10.2 Å². The normalized spacial score (nSPS) is 21.8. The Hall–Kier alpha value is -1.17. The molecule has 0 aromatic rings. The van der Waals surface area contributed by atoms with E-state index in [9.17, 15) is 9.59 Å². The first-order chi connectivity index (χ1) is 8.95. The molecule has 0 bridgehead atoms. The Labute approximate surface area is 118 Å². The van der Waals surface area contributed by atoms with Crippen LogP contribution in [0.1, 0.15) is 32.6 Å². The highest BCUT2D eigenvalue weighted by atomic mass is 32.1. The van der Waals surface area contributed by atoms with Crippen LogP contribution in [0.3, 0.4) is 0 Å². The molecular weight excluding hydrogens is 262 g/mol. The summed E-state index contributed by atoms with van der Waals surface area (Å²) in [5.74, 6) is 0.579. The molecule has 2 amide bonds. The molecule has 0 spiro atoms. The van der Waals surface area contributed by atoms with Crippen LogP contribution in [-0.2, 0) is 9.59 Å². The van der Waals surface area contributed by atoms with Gasteiger partial charge in [-0.05, 0) is 31.6 Å². The first-order valence-electron chi connectivity index (χ1n) is 6.79. The average molecular weight is 283 g/mol. The van der Waals surface area contributed by atoms with E-state index in [0.29, 0.717) is 17.5 Å². The van der Waals surface area contributed by atoms with Crippen LogP contribution in [0.5, 0.6) is 0 Å². The molecule has 0 atom stereocenters. The van der Waals surface area contributed by atoms with E-state index in [4.69, 9.17) is 18.0 Å². The van der Waals surface area contributed by atoms with E-state index in [1.165, 1.54) is 6.92 Å². The summed E-state index contributed by atoms with van der Waals surface area (Å²) < 4.78 is 0. The monoisotopic (exact) mass is 283 g/mol. The van der Waals surface area contributed by atoms with Crippen molar-refractivity contribution in [2.24, 2.45) is 17.1 Å². The summed E-state index contributed by atoms with van der Waals surface area (Å²) >= 11 is 5.02. The van der Waals surface area contributed by atoms with Crippen LogP contribution < -0.4 is 11.1 Å². The van der Waals surface area contributed by atoms with Gasteiger partial charge in [-0.1, -0.05) is 12.2 Å². The van der Waals surface area contributed by atoms with Crippen LogP contribution in [0.4, 0.5) is 0 Å². The van der Waals surface area contributed by atoms with E-state index in [-0.39, 0.29) is 11.8 Å². The molecule has 0 aromatic heterocycles. The number of nitrogens with two attached hydrogens (primary N) is 1. The maximum Gasteiger partial charge on any atom is 0.235 e. The van der Waals surface area contributed by atoms with Gasteiger partial charge in [0.15, 0.2) is 0 Å². The number of nitrogens with one attached hydrogen (secondary N) is 1. The number of carbonyl (C=O) groups excluding carboxylic acids is 2. The van der Waals surface area contributed by atoms with Crippen molar-refractivity contribution < 1.29 is 9.59 Å². The summed E-state index contributed by atoms with van der Waals surface area (Å²) in [5.41, 5.74) is 5.16. The summed E-state index contributed by atoms with van der Waals surface area (Å²) in [6.45, 7) is 3.72. The molecule has 1 saturated carbocycles. The van der Waals surface area contributed by atoms with Crippen LogP contribution in [0.15, 0.2) is 0 Å². The third-order valence-corrected chi connectivity index (χ3v) is 4.56. The van der Waals surface area contributed by atoms with E-state index in [1.54, 1.807) is 0 Å². The van der Waals surface area contributed by atoms with Crippen LogP contribution in [-0.4, -0.2) is 41.3 Å². The van der Waals surface area contributed by atoms with Gasteiger partial charge in [0, 0.05) is 26.6 Å². The lowest BCUT2D eigenvalue weighted by atomic mass is 9.95. The smallest absolute Gasteiger partial charge is 0.235 e. The van der Waals surface area contributed by atoms with Gasteiger partial charge in [-0.2, -0.15) is 0 Å². The first-order valence-corrected chi connectivity index (χ1v) is 7.20. The summed E-state index contributed by atoms with van der Waals surface area (Å²) in [6.07, 6.45) is 3.46. The number of hydrogen-bond donors (Lipinski definition) is 2. The fourth-order valence-corrected chi connectivity index (χ4v) is 2.91. The number of carbonyl (C=O) groups is 2. The Kier molecular flexibility index (Phi) is 4.08. The van der Waals surface area contributed by atoms with Gasteiger partial charge < -0.3 is 16.0 Å². The predicted octanol–water partition coefficient (Wildman–Crippen LogP) is 0.427. The summed E-state index contributed by atoms with van der Waals surface area (Å²) in [6, 6.07) is 0. The Morgan fingerprint density at radius 2 is 1.95 bits per heavy atom. The molecular formula is C13H21N3O2S. The van der Waals surface area contributed by atoms with E-state index < -0.39 is 5.41 Å². The van der Waals surface area contributed by atoms with Gasteiger partial charge in [-0.15, -0.1) is 0 Å². The van der Waals surface area contributed by atoms with E-state index in [0.717, 1.165) is 38.8 Å². The fourth-order valence-electron chi connectivity index (χ4n) is 2.62. The Morgan fingerprint density at radius 3 is 2.37 bits per heavy atom. The molecule has 19 heavy (non-hydrogen) atoms. The van der Waals surface area contributed by atoms with Gasteiger partial charge in [-0.25, -0.2) is 0 Å². The average Bonchev–Trinajstić information content (AvgIpc) is 3.17. The van der Waals surface area contributed by atoms with Gasteiger partial charge >= 0.3 is 0 Å². The topological polar surface area (TPSA) is 75.4 Å². The number of thiocarbonyl (C=S) groups is 1. The van der Waals surface area contributed by atoms with Crippen molar-refractivity contribution in [3.05, 3.63) is 0 Å². The maximum absolute atomic E-state index is 12.4. The SMILES string of the molecule is CC(=O)NCC1CCN(C(=O)C2(C(N)=S)CC2)CC1. The number of hydrogen-bond acceptors (Lipinski definition) is 3. The zero-order valence-corrected chi connectivity index (χ0v) is 12.1. The summed E-state index contributed by atoms with van der Waals surface area (Å²) in [5, 5.41) is 2.84. The molecule has 2 aliphatic rings. The molecule has 1 aliphatic carbocycles. The Morgan fingerprint density at radius 1 is 1.37 bits per heavy atom. The lowest BCUT2D eigenvalue weighted by Crippen LogP contribution is -2.47. The molecule has 3 N–H and O–H groups in total.